The standard InChI is InChI=1S/C9H10F3N3O2/c1-4-2-6(9(10,11)12)15-7(14-4)5(3-13-15)8(16)17/h3-4,6,14H,2H2,1H3,(H,16,17). The number of nitrogens with one attached hydrogen (secondary N) is 1. The van der Waals surface area contributed by atoms with Gasteiger partial charge in [-0.25, -0.2) is 9.48 Å². The number of rotatable bonds is 1. The number of hydrogen-bond acceptors (Lipinski definition) is 3. The number of carboxylic acids is 1. The first-order chi connectivity index (χ1) is 7.80. The van der Waals surface area contributed by atoms with Crippen LogP contribution < -0.4 is 5.32 Å². The van der Waals surface area contributed by atoms with Crippen LogP contribution in [0.3, 0.4) is 0 Å². The molecule has 17 heavy (non-hydrogen) atoms. The molecule has 0 bridgehead atoms. The Labute approximate surface area is 94.2 Å². The van der Waals surface area contributed by atoms with Crippen molar-refractivity contribution in [2.45, 2.75) is 31.6 Å². The van der Waals surface area contributed by atoms with E-state index in [2.05, 4.69) is 10.4 Å². The fraction of sp³-hybridized carbons (Fsp3) is 0.556. The summed E-state index contributed by atoms with van der Waals surface area (Å²) in [6.07, 6.45) is -3.68. The van der Waals surface area contributed by atoms with Crippen LogP contribution in [0.2, 0.25) is 0 Å². The van der Waals surface area contributed by atoms with Crippen molar-refractivity contribution in [2.24, 2.45) is 0 Å². The summed E-state index contributed by atoms with van der Waals surface area (Å²) in [5.41, 5.74) is -0.245. The van der Waals surface area contributed by atoms with Gasteiger partial charge in [0.2, 0.25) is 0 Å². The maximum Gasteiger partial charge on any atom is 0.410 e. The van der Waals surface area contributed by atoms with Gasteiger partial charge in [-0.1, -0.05) is 0 Å². The largest absolute Gasteiger partial charge is 0.477 e. The van der Waals surface area contributed by atoms with E-state index in [1.807, 2.05) is 0 Å². The summed E-state index contributed by atoms with van der Waals surface area (Å²) in [6.45, 7) is 1.57. The molecule has 1 aromatic heterocycles. The van der Waals surface area contributed by atoms with Crippen molar-refractivity contribution in [3.05, 3.63) is 11.8 Å². The van der Waals surface area contributed by atoms with Crippen molar-refractivity contribution in [3.63, 3.8) is 0 Å². The van der Waals surface area contributed by atoms with E-state index < -0.39 is 24.2 Å². The normalized spacial score (nSPS) is 24.0. The van der Waals surface area contributed by atoms with Gasteiger partial charge in [0, 0.05) is 6.04 Å². The third kappa shape index (κ3) is 1.94. The summed E-state index contributed by atoms with van der Waals surface area (Å²) in [6, 6.07) is -2.23. The zero-order valence-corrected chi connectivity index (χ0v) is 8.82. The lowest BCUT2D eigenvalue weighted by Crippen LogP contribution is -2.38. The Balaban J connectivity index is 2.49. The van der Waals surface area contributed by atoms with Gasteiger partial charge in [0.05, 0.1) is 6.20 Å². The van der Waals surface area contributed by atoms with Crippen LogP contribution in [-0.2, 0) is 0 Å². The van der Waals surface area contributed by atoms with Crippen molar-refractivity contribution < 1.29 is 23.1 Å². The molecule has 1 aromatic rings. The number of carbonyl (C=O) groups is 1. The highest BCUT2D eigenvalue weighted by molar-refractivity contribution is 5.93. The molecule has 2 rings (SSSR count). The van der Waals surface area contributed by atoms with Crippen molar-refractivity contribution >= 4 is 11.8 Å². The first-order valence-corrected chi connectivity index (χ1v) is 4.94. The molecule has 2 heterocycles. The second-order valence-corrected chi connectivity index (χ2v) is 4.00. The molecule has 1 aliphatic heterocycles. The van der Waals surface area contributed by atoms with Gasteiger partial charge in [-0.3, -0.25) is 0 Å². The van der Waals surface area contributed by atoms with Gasteiger partial charge in [-0.2, -0.15) is 18.3 Å². The Hall–Kier alpha value is -1.73. The molecule has 1 aliphatic rings. The Morgan fingerprint density at radius 1 is 1.65 bits per heavy atom. The first-order valence-electron chi connectivity index (χ1n) is 4.94. The third-order valence-corrected chi connectivity index (χ3v) is 2.66. The molecule has 0 saturated carbocycles. The molecule has 5 nitrogen and oxygen atoms in total. The summed E-state index contributed by atoms with van der Waals surface area (Å²) in [5.74, 6) is -1.38. The number of hydrogen-bond donors (Lipinski definition) is 2. The number of halogens is 3. The average molecular weight is 249 g/mol. The van der Waals surface area contributed by atoms with Gasteiger partial charge in [0.1, 0.15) is 11.4 Å². The van der Waals surface area contributed by atoms with E-state index in [1.54, 1.807) is 6.92 Å². The summed E-state index contributed by atoms with van der Waals surface area (Å²) < 4.78 is 39.0. The number of aromatic nitrogens is 2. The van der Waals surface area contributed by atoms with Gasteiger partial charge in [-0.15, -0.1) is 0 Å². The van der Waals surface area contributed by atoms with Crippen LogP contribution in [0.5, 0.6) is 0 Å². The van der Waals surface area contributed by atoms with E-state index in [-0.39, 0.29) is 17.8 Å². The van der Waals surface area contributed by atoms with Gasteiger partial charge in [-0.05, 0) is 13.3 Å². The second kappa shape index (κ2) is 3.64. The van der Waals surface area contributed by atoms with Crippen molar-refractivity contribution in [1.82, 2.24) is 9.78 Å². The number of nitrogens with zero attached hydrogens (tertiary/aromatic N) is 2. The quantitative estimate of drug-likeness (QED) is 0.797. The van der Waals surface area contributed by atoms with Crippen LogP contribution in [0.25, 0.3) is 0 Å². The Kier molecular flexibility index (Phi) is 2.52. The summed E-state index contributed by atoms with van der Waals surface area (Å²) >= 11 is 0. The van der Waals surface area contributed by atoms with Crippen LogP contribution >= 0.6 is 0 Å². The molecule has 8 heteroatoms. The van der Waals surface area contributed by atoms with E-state index in [4.69, 9.17) is 5.11 Å². The molecule has 0 aliphatic carbocycles. The van der Waals surface area contributed by atoms with Crippen LogP contribution in [0.15, 0.2) is 6.20 Å². The molecule has 0 amide bonds. The first kappa shape index (κ1) is 11.7. The Bertz CT molecular complexity index is 455. The van der Waals surface area contributed by atoms with Crippen LogP contribution in [0.4, 0.5) is 19.0 Å². The number of aromatic carboxylic acids is 1. The van der Waals surface area contributed by atoms with Crippen molar-refractivity contribution in [3.8, 4) is 0 Å². The summed E-state index contributed by atoms with van der Waals surface area (Å²) in [7, 11) is 0. The van der Waals surface area contributed by atoms with E-state index in [0.29, 0.717) is 4.68 Å². The van der Waals surface area contributed by atoms with Crippen molar-refractivity contribution in [1.29, 1.82) is 0 Å². The predicted molar refractivity (Wildman–Crippen MR) is 52.0 cm³/mol. The fourth-order valence-electron chi connectivity index (χ4n) is 1.90. The lowest BCUT2D eigenvalue weighted by Gasteiger charge is -2.31. The van der Waals surface area contributed by atoms with Crippen LogP contribution in [0, 0.1) is 0 Å². The number of carboxylic acid groups (broad SMARTS) is 1. The van der Waals surface area contributed by atoms with E-state index >= 15 is 0 Å². The third-order valence-electron chi connectivity index (χ3n) is 2.66. The summed E-state index contributed by atoms with van der Waals surface area (Å²) in [5, 5.41) is 15.1. The molecule has 2 atom stereocenters. The molecule has 0 saturated heterocycles. The van der Waals surface area contributed by atoms with Crippen LogP contribution in [0.1, 0.15) is 29.7 Å². The highest BCUT2D eigenvalue weighted by Crippen LogP contribution is 2.39. The Morgan fingerprint density at radius 3 is 2.82 bits per heavy atom. The van der Waals surface area contributed by atoms with E-state index in [9.17, 15) is 18.0 Å². The highest BCUT2D eigenvalue weighted by atomic mass is 19.4. The van der Waals surface area contributed by atoms with E-state index in [0.717, 1.165) is 6.20 Å². The topological polar surface area (TPSA) is 67.2 Å². The number of alkyl halides is 3. The lowest BCUT2D eigenvalue weighted by molar-refractivity contribution is -0.173. The molecule has 0 radical (unpaired) electrons. The molecule has 2 N–H and O–H groups in total. The maximum atomic E-state index is 12.8. The minimum Gasteiger partial charge on any atom is -0.477 e. The molecule has 0 spiro atoms. The number of anilines is 1. The average Bonchev–Trinajstić information content (AvgIpc) is 2.57. The highest BCUT2D eigenvalue weighted by Gasteiger charge is 2.46. The summed E-state index contributed by atoms with van der Waals surface area (Å²) in [4.78, 5) is 10.8. The predicted octanol–water partition coefficient (Wildman–Crippen LogP) is 1.89. The fourth-order valence-corrected chi connectivity index (χ4v) is 1.90. The molecule has 94 valence electrons. The molecular weight excluding hydrogens is 239 g/mol. The zero-order chi connectivity index (χ0) is 12.8. The molecule has 0 fully saturated rings. The Morgan fingerprint density at radius 2 is 2.29 bits per heavy atom. The molecule has 2 unspecified atom stereocenters. The number of fused-ring (bicyclic) bond motifs is 1. The monoisotopic (exact) mass is 249 g/mol. The lowest BCUT2D eigenvalue weighted by atomic mass is 10.1. The van der Waals surface area contributed by atoms with Gasteiger partial charge in [0.25, 0.3) is 0 Å². The molecule has 0 aromatic carbocycles. The van der Waals surface area contributed by atoms with Crippen LogP contribution in [-0.4, -0.2) is 33.1 Å². The maximum absolute atomic E-state index is 12.8. The van der Waals surface area contributed by atoms with Gasteiger partial charge in [0.15, 0.2) is 6.04 Å². The van der Waals surface area contributed by atoms with Crippen molar-refractivity contribution in [2.75, 3.05) is 5.32 Å². The minimum absolute atomic E-state index is 0.0847. The smallest absolute Gasteiger partial charge is 0.410 e. The van der Waals surface area contributed by atoms with E-state index in [1.165, 1.54) is 0 Å². The second-order valence-electron chi connectivity index (χ2n) is 4.00. The minimum atomic E-state index is -4.44. The SMILES string of the molecule is CC1CC(C(F)(F)F)n2ncc(C(=O)O)c2N1. The van der Waals surface area contributed by atoms with Gasteiger partial charge < -0.3 is 10.4 Å². The van der Waals surface area contributed by atoms with Gasteiger partial charge >= 0.3 is 12.1 Å². The zero-order valence-electron chi connectivity index (χ0n) is 8.82. The molecular formula is C9H10F3N3O2.